The summed E-state index contributed by atoms with van der Waals surface area (Å²) in [5.74, 6) is 2.22. The third-order valence-electron chi connectivity index (χ3n) is 6.64. The van der Waals surface area contributed by atoms with Gasteiger partial charge in [0.2, 0.25) is 5.91 Å². The van der Waals surface area contributed by atoms with E-state index in [0.717, 1.165) is 54.5 Å². The normalized spacial score (nSPS) is 23.4. The van der Waals surface area contributed by atoms with Crippen molar-refractivity contribution in [2.45, 2.75) is 69.3 Å². The molecule has 2 saturated heterocycles. The van der Waals surface area contributed by atoms with Crippen LogP contribution >= 0.6 is 12.0 Å². The summed E-state index contributed by atoms with van der Waals surface area (Å²) in [4.78, 5) is 24.3. The van der Waals surface area contributed by atoms with E-state index in [2.05, 4.69) is 25.8 Å². The molecule has 4 atom stereocenters. The number of piperidine rings is 2. The summed E-state index contributed by atoms with van der Waals surface area (Å²) < 4.78 is 9.41. The van der Waals surface area contributed by atoms with Crippen molar-refractivity contribution in [1.82, 2.24) is 25.1 Å². The van der Waals surface area contributed by atoms with Crippen molar-refractivity contribution in [2.24, 2.45) is 0 Å². The number of nitrogens with zero attached hydrogens (tertiary/aromatic N) is 4. The van der Waals surface area contributed by atoms with Gasteiger partial charge in [-0.05, 0) is 58.1 Å². The molecule has 2 aliphatic rings. The SMILES string of the molecule is Cc1cc(Nc2cc3ncccc3c(NC3C[C@H]4CCC[C@@H](C3)N4C(=O)C(C)SO)n2)n[nH]1. The largest absolute Gasteiger partial charge is 0.367 e. The Balaban J connectivity index is 1.39. The molecule has 2 aliphatic heterocycles. The second-order valence-corrected chi connectivity index (χ2v) is 9.95. The molecule has 3 aromatic heterocycles. The van der Waals surface area contributed by atoms with Crippen LogP contribution in [0.15, 0.2) is 30.5 Å². The first-order chi connectivity index (χ1) is 16.0. The summed E-state index contributed by atoms with van der Waals surface area (Å²) in [6.45, 7) is 3.73. The van der Waals surface area contributed by atoms with Gasteiger partial charge in [0, 0.05) is 59.6 Å². The molecule has 0 saturated carbocycles. The highest BCUT2D eigenvalue weighted by Crippen LogP contribution is 2.37. The predicted molar refractivity (Wildman–Crippen MR) is 131 cm³/mol. The molecule has 5 heterocycles. The topological polar surface area (TPSA) is 119 Å². The molecule has 0 radical (unpaired) electrons. The van der Waals surface area contributed by atoms with Crippen molar-refractivity contribution >= 4 is 46.3 Å². The lowest BCUT2D eigenvalue weighted by Gasteiger charge is -2.49. The molecule has 3 aromatic rings. The van der Waals surface area contributed by atoms with Crippen LogP contribution in [0.4, 0.5) is 17.5 Å². The Bertz CT molecular complexity index is 1140. The van der Waals surface area contributed by atoms with E-state index in [1.54, 1.807) is 13.1 Å². The predicted octanol–water partition coefficient (Wildman–Crippen LogP) is 4.32. The maximum Gasteiger partial charge on any atom is 0.238 e. The van der Waals surface area contributed by atoms with Crippen molar-refractivity contribution < 1.29 is 9.35 Å². The highest BCUT2D eigenvalue weighted by atomic mass is 32.2. The maximum atomic E-state index is 12.9. The van der Waals surface area contributed by atoms with Crippen LogP contribution in [0.1, 0.15) is 44.7 Å². The Hall–Kier alpha value is -2.85. The van der Waals surface area contributed by atoms with Crippen LogP contribution in [0.3, 0.4) is 0 Å². The van der Waals surface area contributed by atoms with E-state index in [0.29, 0.717) is 23.7 Å². The van der Waals surface area contributed by atoms with Gasteiger partial charge in [-0.2, -0.15) is 5.10 Å². The average Bonchev–Trinajstić information content (AvgIpc) is 3.21. The minimum Gasteiger partial charge on any atom is -0.367 e. The summed E-state index contributed by atoms with van der Waals surface area (Å²) in [6, 6.07) is 8.39. The molecule has 174 valence electrons. The summed E-state index contributed by atoms with van der Waals surface area (Å²) >= 11 is 0.636. The maximum absolute atomic E-state index is 12.9. The van der Waals surface area contributed by atoms with Crippen molar-refractivity contribution in [1.29, 1.82) is 0 Å². The number of aryl methyl sites for hydroxylation is 1. The van der Waals surface area contributed by atoms with Crippen LogP contribution in [0.2, 0.25) is 0 Å². The molecule has 2 unspecified atom stereocenters. The third-order valence-corrected chi connectivity index (χ3v) is 7.16. The molecule has 4 N–H and O–H groups in total. The average molecular weight is 468 g/mol. The van der Waals surface area contributed by atoms with E-state index in [4.69, 9.17) is 4.98 Å². The van der Waals surface area contributed by atoms with Gasteiger partial charge in [0.1, 0.15) is 16.9 Å². The van der Waals surface area contributed by atoms with Crippen LogP contribution in [-0.4, -0.2) is 58.9 Å². The zero-order valence-electron chi connectivity index (χ0n) is 18.8. The highest BCUT2D eigenvalue weighted by Gasteiger charge is 2.42. The number of hydrogen-bond acceptors (Lipinski definition) is 8. The molecule has 0 aromatic carbocycles. The van der Waals surface area contributed by atoms with Crippen LogP contribution in [0.25, 0.3) is 10.9 Å². The number of fused-ring (bicyclic) bond motifs is 3. The minimum absolute atomic E-state index is 0.0453. The van der Waals surface area contributed by atoms with Gasteiger partial charge in [-0.1, -0.05) is 0 Å². The van der Waals surface area contributed by atoms with Gasteiger partial charge >= 0.3 is 0 Å². The van der Waals surface area contributed by atoms with Gasteiger partial charge in [0.15, 0.2) is 5.82 Å². The number of amides is 1. The molecule has 0 aliphatic carbocycles. The minimum atomic E-state index is -0.428. The zero-order valence-corrected chi connectivity index (χ0v) is 19.6. The lowest BCUT2D eigenvalue weighted by atomic mass is 9.81. The summed E-state index contributed by atoms with van der Waals surface area (Å²) in [6.07, 6.45) is 6.65. The molecule has 10 heteroatoms. The number of H-pyrrole nitrogens is 1. The van der Waals surface area contributed by atoms with Crippen LogP contribution < -0.4 is 10.6 Å². The number of pyridine rings is 2. The molecular weight excluding hydrogens is 438 g/mol. The number of aromatic amines is 1. The number of anilines is 3. The number of carbonyl (C=O) groups is 1. The first-order valence-corrected chi connectivity index (χ1v) is 12.3. The monoisotopic (exact) mass is 467 g/mol. The number of rotatable bonds is 6. The van der Waals surface area contributed by atoms with Crippen LogP contribution in [0.5, 0.6) is 0 Å². The molecule has 2 bridgehead atoms. The Morgan fingerprint density at radius 2 is 2.06 bits per heavy atom. The second kappa shape index (κ2) is 9.18. The fraction of sp³-hybridized carbons (Fsp3) is 0.478. The smallest absolute Gasteiger partial charge is 0.238 e. The van der Waals surface area contributed by atoms with E-state index in [-0.39, 0.29) is 24.0 Å². The highest BCUT2D eigenvalue weighted by molar-refractivity contribution is 7.95. The number of hydrogen-bond donors (Lipinski definition) is 4. The second-order valence-electron chi connectivity index (χ2n) is 9.03. The Kier molecular flexibility index (Phi) is 6.11. The van der Waals surface area contributed by atoms with Gasteiger partial charge in [0.25, 0.3) is 0 Å². The van der Waals surface area contributed by atoms with E-state index in [1.807, 2.05) is 36.1 Å². The van der Waals surface area contributed by atoms with Crippen molar-refractivity contribution in [3.05, 3.63) is 36.2 Å². The van der Waals surface area contributed by atoms with Gasteiger partial charge < -0.3 is 20.1 Å². The first-order valence-electron chi connectivity index (χ1n) is 11.5. The molecule has 1 amide bonds. The van der Waals surface area contributed by atoms with E-state index in [1.165, 1.54) is 0 Å². The fourth-order valence-corrected chi connectivity index (χ4v) is 5.38. The molecular formula is C23H29N7O2S. The van der Waals surface area contributed by atoms with Crippen molar-refractivity contribution in [3.8, 4) is 0 Å². The number of aromatic nitrogens is 4. The van der Waals surface area contributed by atoms with Gasteiger partial charge in [-0.15, -0.1) is 0 Å². The summed E-state index contributed by atoms with van der Waals surface area (Å²) in [5, 5.41) is 14.7. The number of nitrogens with one attached hydrogen (secondary N) is 3. The molecule has 9 nitrogen and oxygen atoms in total. The quantitative estimate of drug-likeness (QED) is 0.396. The third kappa shape index (κ3) is 4.49. The van der Waals surface area contributed by atoms with Crippen LogP contribution in [0, 0.1) is 6.92 Å². The van der Waals surface area contributed by atoms with Crippen molar-refractivity contribution in [2.75, 3.05) is 10.6 Å². The van der Waals surface area contributed by atoms with Gasteiger partial charge in [-0.25, -0.2) is 4.98 Å². The van der Waals surface area contributed by atoms with E-state index < -0.39 is 5.25 Å². The van der Waals surface area contributed by atoms with E-state index in [9.17, 15) is 9.35 Å². The standard InChI is InChI=1S/C23H29N7O2S/c1-13-9-21(29-28-13)26-20-12-19-18(7-4-8-24-19)22(27-20)25-15-10-16-5-3-6-17(11-15)30(16)23(31)14(2)33-32/h4,7-9,12,14-17,32H,3,5-6,10-11H2,1-2H3,(H3,25,26,27,28,29)/t14?,15?,16-,17+. The Morgan fingerprint density at radius 1 is 1.27 bits per heavy atom. The first kappa shape index (κ1) is 22.0. The Morgan fingerprint density at radius 3 is 2.76 bits per heavy atom. The summed E-state index contributed by atoms with van der Waals surface area (Å²) in [7, 11) is 0. The molecule has 5 rings (SSSR count). The molecule has 33 heavy (non-hydrogen) atoms. The lowest BCUT2D eigenvalue weighted by molar-refractivity contribution is -0.140. The van der Waals surface area contributed by atoms with Gasteiger partial charge in [0.05, 0.1) is 5.52 Å². The van der Waals surface area contributed by atoms with Crippen LogP contribution in [-0.2, 0) is 4.79 Å². The summed E-state index contributed by atoms with van der Waals surface area (Å²) in [5.41, 5.74) is 1.82. The van der Waals surface area contributed by atoms with Gasteiger partial charge in [-0.3, -0.25) is 14.9 Å². The zero-order chi connectivity index (χ0) is 22.9. The van der Waals surface area contributed by atoms with Crippen molar-refractivity contribution in [3.63, 3.8) is 0 Å². The number of carbonyl (C=O) groups excluding carboxylic acids is 1. The van der Waals surface area contributed by atoms with E-state index >= 15 is 0 Å². The molecule has 0 spiro atoms. The Labute approximate surface area is 197 Å². The fourth-order valence-electron chi connectivity index (χ4n) is 5.17. The molecule has 2 fully saturated rings. The lowest BCUT2D eigenvalue weighted by Crippen LogP contribution is -2.58.